The quantitative estimate of drug-likeness (QED) is 0.615. The van der Waals surface area contributed by atoms with Gasteiger partial charge in [-0.1, -0.05) is 12.1 Å². The van der Waals surface area contributed by atoms with Crippen molar-refractivity contribution in [3.63, 3.8) is 0 Å². The smallest absolute Gasteiger partial charge is 0.270 e. The number of nitro groups is 1. The van der Waals surface area contributed by atoms with Crippen LogP contribution in [0.1, 0.15) is 35.8 Å². The number of aromatic nitrogens is 1. The summed E-state index contributed by atoms with van der Waals surface area (Å²) < 4.78 is 0. The monoisotopic (exact) mass is 342 g/mol. The summed E-state index contributed by atoms with van der Waals surface area (Å²) >= 11 is 0. The van der Waals surface area contributed by atoms with E-state index in [9.17, 15) is 19.7 Å². The SMILES string of the molecule is CC(NC(=O)c1cccc([N+](=O)[O-])c1)C(=O)NC(C)c1cccnc1. The first-order valence-corrected chi connectivity index (χ1v) is 7.64. The highest BCUT2D eigenvalue weighted by atomic mass is 16.6. The molecule has 25 heavy (non-hydrogen) atoms. The van der Waals surface area contributed by atoms with Crippen molar-refractivity contribution < 1.29 is 14.5 Å². The van der Waals surface area contributed by atoms with Crippen LogP contribution in [0.4, 0.5) is 5.69 Å². The molecule has 8 heteroatoms. The summed E-state index contributed by atoms with van der Waals surface area (Å²) in [4.78, 5) is 38.6. The zero-order valence-corrected chi connectivity index (χ0v) is 13.8. The summed E-state index contributed by atoms with van der Waals surface area (Å²) in [6, 6.07) is 7.87. The second-order valence-electron chi connectivity index (χ2n) is 5.52. The summed E-state index contributed by atoms with van der Waals surface area (Å²) in [5.41, 5.74) is 0.775. The van der Waals surface area contributed by atoms with Crippen molar-refractivity contribution in [1.29, 1.82) is 0 Å². The molecule has 2 amide bonds. The molecule has 0 saturated carbocycles. The van der Waals surface area contributed by atoms with E-state index in [1.807, 2.05) is 13.0 Å². The lowest BCUT2D eigenvalue weighted by Crippen LogP contribution is -2.45. The number of nitrogens with one attached hydrogen (secondary N) is 2. The molecule has 2 N–H and O–H groups in total. The van der Waals surface area contributed by atoms with Gasteiger partial charge in [0.15, 0.2) is 0 Å². The van der Waals surface area contributed by atoms with Crippen LogP contribution in [-0.4, -0.2) is 27.8 Å². The third kappa shape index (κ3) is 4.84. The van der Waals surface area contributed by atoms with E-state index in [1.54, 1.807) is 25.4 Å². The molecular formula is C17H18N4O4. The Hall–Kier alpha value is -3.29. The third-order valence-corrected chi connectivity index (χ3v) is 3.60. The van der Waals surface area contributed by atoms with Gasteiger partial charge in [-0.15, -0.1) is 0 Å². The van der Waals surface area contributed by atoms with Crippen LogP contribution in [-0.2, 0) is 4.79 Å². The van der Waals surface area contributed by atoms with Gasteiger partial charge in [0.05, 0.1) is 11.0 Å². The van der Waals surface area contributed by atoms with Crippen LogP contribution in [0.15, 0.2) is 48.8 Å². The summed E-state index contributed by atoms with van der Waals surface area (Å²) in [6.45, 7) is 3.35. The molecular weight excluding hydrogens is 324 g/mol. The molecule has 0 bridgehead atoms. The molecule has 0 spiro atoms. The van der Waals surface area contributed by atoms with Gasteiger partial charge in [0.25, 0.3) is 11.6 Å². The van der Waals surface area contributed by atoms with E-state index in [-0.39, 0.29) is 23.2 Å². The van der Waals surface area contributed by atoms with E-state index in [0.717, 1.165) is 11.6 Å². The number of benzene rings is 1. The number of nitrogens with zero attached hydrogens (tertiary/aromatic N) is 2. The molecule has 0 aliphatic heterocycles. The molecule has 1 aromatic carbocycles. The zero-order chi connectivity index (χ0) is 18.4. The highest BCUT2D eigenvalue weighted by Gasteiger charge is 2.20. The van der Waals surface area contributed by atoms with Gasteiger partial charge in [0.1, 0.15) is 6.04 Å². The van der Waals surface area contributed by atoms with E-state index in [2.05, 4.69) is 15.6 Å². The van der Waals surface area contributed by atoms with Crippen LogP contribution in [0.5, 0.6) is 0 Å². The predicted octanol–water partition coefficient (Wildman–Crippen LogP) is 1.99. The third-order valence-electron chi connectivity index (χ3n) is 3.60. The Balaban J connectivity index is 1.97. The van der Waals surface area contributed by atoms with Crippen molar-refractivity contribution in [2.45, 2.75) is 25.9 Å². The summed E-state index contributed by atoms with van der Waals surface area (Å²) in [7, 11) is 0. The Morgan fingerprint density at radius 2 is 1.92 bits per heavy atom. The molecule has 0 fully saturated rings. The van der Waals surface area contributed by atoms with E-state index in [4.69, 9.17) is 0 Å². The minimum atomic E-state index is -0.800. The van der Waals surface area contributed by atoms with Crippen molar-refractivity contribution in [3.8, 4) is 0 Å². The van der Waals surface area contributed by atoms with Gasteiger partial charge in [-0.05, 0) is 31.5 Å². The molecule has 2 atom stereocenters. The highest BCUT2D eigenvalue weighted by molar-refractivity contribution is 5.97. The van der Waals surface area contributed by atoms with Crippen molar-refractivity contribution in [3.05, 3.63) is 70.0 Å². The Morgan fingerprint density at radius 1 is 1.16 bits per heavy atom. The maximum atomic E-state index is 12.2. The van der Waals surface area contributed by atoms with Crippen molar-refractivity contribution >= 4 is 17.5 Å². The number of carbonyl (C=O) groups excluding carboxylic acids is 2. The van der Waals surface area contributed by atoms with Crippen LogP contribution >= 0.6 is 0 Å². The molecule has 0 saturated heterocycles. The summed E-state index contributed by atoms with van der Waals surface area (Å²) in [6.07, 6.45) is 3.29. The number of hydrogen-bond donors (Lipinski definition) is 2. The standard InChI is InChI=1S/C17H18N4O4/c1-11(14-6-4-8-18-10-14)19-16(22)12(2)20-17(23)13-5-3-7-15(9-13)21(24)25/h3-12H,1-2H3,(H,19,22)(H,20,23). The molecule has 1 aromatic heterocycles. The van der Waals surface area contributed by atoms with Crippen molar-refractivity contribution in [1.82, 2.24) is 15.6 Å². The fraction of sp³-hybridized carbons (Fsp3) is 0.235. The fourth-order valence-corrected chi connectivity index (χ4v) is 2.16. The van der Waals surface area contributed by atoms with Crippen LogP contribution in [0, 0.1) is 10.1 Å². The molecule has 0 radical (unpaired) electrons. The molecule has 2 unspecified atom stereocenters. The summed E-state index contributed by atoms with van der Waals surface area (Å²) in [5.74, 6) is -0.921. The molecule has 8 nitrogen and oxygen atoms in total. The average Bonchev–Trinajstić information content (AvgIpc) is 2.62. The fourth-order valence-electron chi connectivity index (χ4n) is 2.16. The van der Waals surface area contributed by atoms with Crippen molar-refractivity contribution in [2.75, 3.05) is 0 Å². The Labute approximate surface area is 144 Å². The van der Waals surface area contributed by atoms with Gasteiger partial charge in [0.2, 0.25) is 5.91 Å². The molecule has 0 aliphatic rings. The number of pyridine rings is 1. The molecule has 2 rings (SSSR count). The molecule has 0 aliphatic carbocycles. The lowest BCUT2D eigenvalue weighted by Gasteiger charge is -2.18. The zero-order valence-electron chi connectivity index (χ0n) is 13.8. The minimum Gasteiger partial charge on any atom is -0.348 e. The second kappa shape index (κ2) is 8.00. The second-order valence-corrected chi connectivity index (χ2v) is 5.52. The van der Waals surface area contributed by atoms with E-state index in [1.165, 1.54) is 18.2 Å². The minimum absolute atomic E-state index is 0.120. The van der Waals surface area contributed by atoms with Crippen LogP contribution in [0.2, 0.25) is 0 Å². The molecule has 1 heterocycles. The van der Waals surface area contributed by atoms with Crippen molar-refractivity contribution in [2.24, 2.45) is 0 Å². The van der Waals surface area contributed by atoms with Gasteiger partial charge in [-0.3, -0.25) is 24.7 Å². The van der Waals surface area contributed by atoms with Crippen LogP contribution in [0.3, 0.4) is 0 Å². The van der Waals surface area contributed by atoms with E-state index < -0.39 is 16.9 Å². The predicted molar refractivity (Wildman–Crippen MR) is 90.8 cm³/mol. The topological polar surface area (TPSA) is 114 Å². The largest absolute Gasteiger partial charge is 0.348 e. The Kier molecular flexibility index (Phi) is 5.78. The Bertz CT molecular complexity index is 779. The normalized spacial score (nSPS) is 12.7. The lowest BCUT2D eigenvalue weighted by atomic mass is 10.1. The maximum Gasteiger partial charge on any atom is 0.270 e. The van der Waals surface area contributed by atoms with Crippen LogP contribution < -0.4 is 10.6 Å². The first-order chi connectivity index (χ1) is 11.9. The lowest BCUT2D eigenvalue weighted by molar-refractivity contribution is -0.384. The number of rotatable bonds is 6. The van der Waals surface area contributed by atoms with E-state index >= 15 is 0 Å². The number of nitro benzene ring substituents is 1. The van der Waals surface area contributed by atoms with Gasteiger partial charge >= 0.3 is 0 Å². The van der Waals surface area contributed by atoms with Gasteiger partial charge in [-0.25, -0.2) is 0 Å². The molecule has 130 valence electrons. The first kappa shape index (κ1) is 18.1. The average molecular weight is 342 g/mol. The first-order valence-electron chi connectivity index (χ1n) is 7.64. The van der Waals surface area contributed by atoms with Crippen LogP contribution in [0.25, 0.3) is 0 Å². The summed E-state index contributed by atoms with van der Waals surface area (Å²) in [5, 5.41) is 16.1. The molecule has 2 aromatic rings. The highest BCUT2D eigenvalue weighted by Crippen LogP contribution is 2.13. The number of amides is 2. The van der Waals surface area contributed by atoms with E-state index in [0.29, 0.717) is 0 Å². The maximum absolute atomic E-state index is 12.2. The van der Waals surface area contributed by atoms with Gasteiger partial charge in [-0.2, -0.15) is 0 Å². The Morgan fingerprint density at radius 3 is 2.56 bits per heavy atom. The number of carbonyl (C=O) groups is 2. The number of hydrogen-bond acceptors (Lipinski definition) is 5. The van der Waals surface area contributed by atoms with Gasteiger partial charge < -0.3 is 10.6 Å². The van der Waals surface area contributed by atoms with Gasteiger partial charge in [0, 0.05) is 30.1 Å². The number of non-ortho nitro benzene ring substituents is 1.